The molecule has 2 fully saturated rings. The Morgan fingerprint density at radius 2 is 2.03 bits per heavy atom. The highest BCUT2D eigenvalue weighted by molar-refractivity contribution is 5.88. The number of carbonyl (C=O) groups excluding carboxylic acids is 1. The van der Waals surface area contributed by atoms with Gasteiger partial charge in [0.2, 0.25) is 5.91 Å². The summed E-state index contributed by atoms with van der Waals surface area (Å²) in [6.07, 6.45) is 16.3. The topological polar surface area (TPSA) is 51.2 Å². The molecule has 4 heteroatoms. The molecule has 0 unspecified atom stereocenters. The fraction of sp³-hybridized carbons (Fsp3) is 0.630. The molecule has 1 N–H and O–H groups in total. The first kappa shape index (κ1) is 20.8. The van der Waals surface area contributed by atoms with Gasteiger partial charge in [-0.15, -0.1) is 0 Å². The summed E-state index contributed by atoms with van der Waals surface area (Å²) in [6.45, 7) is 8.62. The third-order valence-electron chi connectivity index (χ3n) is 9.06. The Labute approximate surface area is 186 Å². The molecule has 0 saturated heterocycles. The largest absolute Gasteiger partial charge is 0.492 e. The van der Waals surface area contributed by atoms with Crippen LogP contribution in [0.25, 0.3) is 5.57 Å². The van der Waals surface area contributed by atoms with Gasteiger partial charge in [-0.05, 0) is 90.7 Å². The molecule has 3 aliphatic carbocycles. The van der Waals surface area contributed by atoms with E-state index in [9.17, 15) is 4.79 Å². The van der Waals surface area contributed by atoms with Crippen molar-refractivity contribution >= 4 is 11.5 Å². The van der Waals surface area contributed by atoms with Gasteiger partial charge in [-0.2, -0.15) is 0 Å². The normalized spacial score (nSPS) is 36.9. The van der Waals surface area contributed by atoms with Gasteiger partial charge in [-0.3, -0.25) is 9.78 Å². The molecule has 1 aromatic heterocycles. The quantitative estimate of drug-likeness (QED) is 0.694. The highest BCUT2D eigenvalue weighted by Crippen LogP contribution is 2.66. The summed E-state index contributed by atoms with van der Waals surface area (Å²) in [4.78, 5) is 16.7. The zero-order valence-electron chi connectivity index (χ0n) is 19.2. The molecule has 1 aromatic rings. The van der Waals surface area contributed by atoms with E-state index in [0.717, 1.165) is 44.1 Å². The molecule has 5 atom stereocenters. The van der Waals surface area contributed by atoms with E-state index < -0.39 is 0 Å². The second-order valence-corrected chi connectivity index (χ2v) is 10.6. The van der Waals surface area contributed by atoms with Crippen molar-refractivity contribution in [2.75, 3.05) is 13.2 Å². The van der Waals surface area contributed by atoms with Crippen molar-refractivity contribution in [3.63, 3.8) is 0 Å². The number of allylic oxidation sites excluding steroid dienone is 3. The molecule has 31 heavy (non-hydrogen) atoms. The van der Waals surface area contributed by atoms with Gasteiger partial charge in [0, 0.05) is 18.8 Å². The molecule has 5 rings (SSSR count). The first-order valence-corrected chi connectivity index (χ1v) is 12.2. The maximum Gasteiger partial charge on any atom is 0.243 e. The van der Waals surface area contributed by atoms with Gasteiger partial charge < -0.3 is 10.1 Å². The van der Waals surface area contributed by atoms with Crippen LogP contribution in [0.2, 0.25) is 0 Å². The van der Waals surface area contributed by atoms with Gasteiger partial charge in [-0.25, -0.2) is 0 Å². The molecular formula is C27H36N2O2. The molecule has 166 valence electrons. The SMILES string of the molecule is CCCOc1cncc(C2=CC[C@H]3[C@@H]4CCC5=CC(=O)NCC[C@]5(C)[C@H]4CC[C@]23C)c1. The van der Waals surface area contributed by atoms with Gasteiger partial charge in [0.15, 0.2) is 0 Å². The van der Waals surface area contributed by atoms with Crippen LogP contribution in [0.15, 0.2) is 36.2 Å². The zero-order chi connectivity index (χ0) is 21.6. The minimum absolute atomic E-state index is 0.111. The fourth-order valence-corrected chi connectivity index (χ4v) is 7.44. The first-order chi connectivity index (χ1) is 15.0. The number of rotatable bonds is 4. The average molecular weight is 421 g/mol. The smallest absolute Gasteiger partial charge is 0.243 e. The molecule has 0 spiro atoms. The molecule has 2 saturated carbocycles. The van der Waals surface area contributed by atoms with Crippen LogP contribution in [0.3, 0.4) is 0 Å². The predicted molar refractivity (Wildman–Crippen MR) is 123 cm³/mol. The molecule has 0 radical (unpaired) electrons. The maximum absolute atomic E-state index is 12.2. The molecule has 0 aromatic carbocycles. The van der Waals surface area contributed by atoms with E-state index in [1.165, 1.54) is 42.4 Å². The van der Waals surface area contributed by atoms with Crippen LogP contribution in [0.1, 0.15) is 71.3 Å². The van der Waals surface area contributed by atoms with Gasteiger partial charge in [0.25, 0.3) is 0 Å². The van der Waals surface area contributed by atoms with Crippen LogP contribution < -0.4 is 10.1 Å². The number of fused-ring (bicyclic) bond motifs is 5. The Balaban J connectivity index is 1.42. The van der Waals surface area contributed by atoms with Crippen molar-refractivity contribution in [2.24, 2.45) is 28.6 Å². The maximum atomic E-state index is 12.2. The third kappa shape index (κ3) is 3.34. The Hall–Kier alpha value is -2.10. The Morgan fingerprint density at radius 1 is 1.16 bits per heavy atom. The van der Waals surface area contributed by atoms with E-state index in [2.05, 4.69) is 43.2 Å². The fourth-order valence-electron chi connectivity index (χ4n) is 7.44. The summed E-state index contributed by atoms with van der Waals surface area (Å²) in [6, 6.07) is 2.19. The molecule has 2 heterocycles. The van der Waals surface area contributed by atoms with Crippen molar-refractivity contribution in [1.82, 2.24) is 10.3 Å². The molecule has 0 bridgehead atoms. The lowest BCUT2D eigenvalue weighted by Gasteiger charge is -2.57. The van der Waals surface area contributed by atoms with Gasteiger partial charge >= 0.3 is 0 Å². The van der Waals surface area contributed by atoms with Crippen LogP contribution in [0.4, 0.5) is 0 Å². The standard InChI is InChI=1S/C27H36N2O2/c1-4-13-31-20-14-18(16-28-17-20)22-7-8-23-21-6-5-19-15-25(30)29-12-11-26(19,2)24(21)9-10-27(22,23)3/h7,14-17,21,23-24H,4-6,8-13H2,1-3H3,(H,29,30)/t21-,23-,24-,26-,27+/m0/s1. The second kappa shape index (κ2) is 7.79. The Morgan fingerprint density at radius 3 is 2.87 bits per heavy atom. The zero-order valence-corrected chi connectivity index (χ0v) is 19.2. The highest BCUT2D eigenvalue weighted by Gasteiger charge is 2.56. The number of nitrogens with one attached hydrogen (secondary N) is 1. The van der Waals surface area contributed by atoms with Gasteiger partial charge in [0.1, 0.15) is 5.75 Å². The van der Waals surface area contributed by atoms with Crippen LogP contribution in [-0.4, -0.2) is 24.0 Å². The second-order valence-electron chi connectivity index (χ2n) is 10.6. The van der Waals surface area contributed by atoms with Crippen LogP contribution >= 0.6 is 0 Å². The van der Waals surface area contributed by atoms with Crippen molar-refractivity contribution in [2.45, 2.75) is 65.7 Å². The van der Waals surface area contributed by atoms with E-state index in [1.54, 1.807) is 0 Å². The van der Waals surface area contributed by atoms with Gasteiger partial charge in [-0.1, -0.05) is 32.4 Å². The lowest BCUT2D eigenvalue weighted by Crippen LogP contribution is -2.49. The number of ether oxygens (including phenoxy) is 1. The van der Waals surface area contributed by atoms with Crippen molar-refractivity contribution in [3.05, 3.63) is 41.7 Å². The average Bonchev–Trinajstić information content (AvgIpc) is 3.03. The molecular weight excluding hydrogens is 384 g/mol. The summed E-state index contributed by atoms with van der Waals surface area (Å²) in [5.74, 6) is 3.10. The van der Waals surface area contributed by atoms with E-state index in [-0.39, 0.29) is 16.7 Å². The number of pyridine rings is 1. The van der Waals surface area contributed by atoms with Crippen LogP contribution in [-0.2, 0) is 4.79 Å². The number of aromatic nitrogens is 1. The van der Waals surface area contributed by atoms with Gasteiger partial charge in [0.05, 0.1) is 12.8 Å². The molecule has 1 aliphatic heterocycles. The number of amides is 1. The lowest BCUT2D eigenvalue weighted by molar-refractivity contribution is -0.116. The highest BCUT2D eigenvalue weighted by atomic mass is 16.5. The van der Waals surface area contributed by atoms with E-state index >= 15 is 0 Å². The lowest BCUT2D eigenvalue weighted by atomic mass is 9.47. The Bertz CT molecular complexity index is 935. The first-order valence-electron chi connectivity index (χ1n) is 12.2. The van der Waals surface area contributed by atoms with E-state index in [0.29, 0.717) is 11.8 Å². The monoisotopic (exact) mass is 420 g/mol. The summed E-state index contributed by atoms with van der Waals surface area (Å²) in [7, 11) is 0. The van der Waals surface area contributed by atoms with Crippen molar-refractivity contribution in [3.8, 4) is 5.75 Å². The van der Waals surface area contributed by atoms with Crippen molar-refractivity contribution < 1.29 is 9.53 Å². The van der Waals surface area contributed by atoms with Crippen LogP contribution in [0.5, 0.6) is 5.75 Å². The summed E-state index contributed by atoms with van der Waals surface area (Å²) in [5, 5.41) is 3.08. The van der Waals surface area contributed by atoms with E-state index in [4.69, 9.17) is 4.74 Å². The number of carbonyl (C=O) groups is 1. The Kier molecular flexibility index (Phi) is 5.22. The minimum Gasteiger partial charge on any atom is -0.492 e. The summed E-state index contributed by atoms with van der Waals surface area (Å²) >= 11 is 0. The number of hydrogen-bond acceptors (Lipinski definition) is 3. The minimum atomic E-state index is 0.111. The number of hydrogen-bond donors (Lipinski definition) is 1. The van der Waals surface area contributed by atoms with Crippen LogP contribution in [0, 0.1) is 28.6 Å². The number of nitrogens with zero attached hydrogens (tertiary/aromatic N) is 1. The predicted octanol–water partition coefficient (Wildman–Crippen LogP) is 5.55. The summed E-state index contributed by atoms with van der Waals surface area (Å²) in [5.41, 5.74) is 4.51. The molecule has 1 amide bonds. The van der Waals surface area contributed by atoms with E-state index in [1.807, 2.05) is 18.5 Å². The van der Waals surface area contributed by atoms with Crippen molar-refractivity contribution in [1.29, 1.82) is 0 Å². The third-order valence-corrected chi connectivity index (χ3v) is 9.06. The summed E-state index contributed by atoms with van der Waals surface area (Å²) < 4.78 is 5.87. The molecule has 4 nitrogen and oxygen atoms in total. The molecule has 4 aliphatic rings.